The van der Waals surface area contributed by atoms with E-state index in [4.69, 9.17) is 10.9 Å². The van der Waals surface area contributed by atoms with E-state index < -0.39 is 0 Å². The van der Waals surface area contributed by atoms with Crippen molar-refractivity contribution in [2.45, 2.75) is 58.9 Å². The van der Waals surface area contributed by atoms with Crippen LogP contribution in [0.4, 0.5) is 0 Å². The predicted octanol–water partition coefficient (Wildman–Crippen LogP) is 2.19. The molecule has 0 spiro atoms. The quantitative estimate of drug-likeness (QED) is 0.347. The Hall–Kier alpha value is -1.26. The molecule has 0 radical (unpaired) electrons. The molecule has 1 atom stereocenters. The smallest absolute Gasteiger partial charge is 0.229 e. The number of likely N-dealkylation sites (N-methyl/N-ethyl adjacent to an activating group) is 1. The van der Waals surface area contributed by atoms with Crippen molar-refractivity contribution in [1.29, 1.82) is 0 Å². The minimum absolute atomic E-state index is 0.0774. The first-order chi connectivity index (χ1) is 8.84. The van der Waals surface area contributed by atoms with Gasteiger partial charge >= 0.3 is 0 Å². The minimum atomic E-state index is -0.373. The molecule has 0 aromatic rings. The van der Waals surface area contributed by atoms with E-state index in [0.717, 1.165) is 32.1 Å². The van der Waals surface area contributed by atoms with Gasteiger partial charge < -0.3 is 15.8 Å². The van der Waals surface area contributed by atoms with Gasteiger partial charge in [0, 0.05) is 12.5 Å². The van der Waals surface area contributed by atoms with Crippen molar-refractivity contribution in [3.05, 3.63) is 0 Å². The molecule has 5 nitrogen and oxygen atoms in total. The molecule has 0 saturated heterocycles. The standard InChI is InChI=1S/C14H27N3O2/c1-10(2)9-14(7-5-6-8-14)13(18)17(4)11(3)12(15)16-19/h10-11,19H,5-9H2,1-4H3,(H2,15,16). The number of oxime groups is 1. The van der Waals surface area contributed by atoms with Gasteiger partial charge in [-0.25, -0.2) is 0 Å². The second-order valence-corrected chi connectivity index (χ2v) is 6.20. The normalized spacial score (nSPS) is 20.6. The fraction of sp³-hybridized carbons (Fsp3) is 0.857. The highest BCUT2D eigenvalue weighted by Gasteiger charge is 2.43. The van der Waals surface area contributed by atoms with Crippen molar-refractivity contribution >= 4 is 11.7 Å². The average Bonchev–Trinajstić information content (AvgIpc) is 2.83. The summed E-state index contributed by atoms with van der Waals surface area (Å²) in [6, 6.07) is -0.373. The summed E-state index contributed by atoms with van der Waals surface area (Å²) in [5.41, 5.74) is 5.36. The summed E-state index contributed by atoms with van der Waals surface area (Å²) in [7, 11) is 1.74. The lowest BCUT2D eigenvalue weighted by Gasteiger charge is -2.36. The van der Waals surface area contributed by atoms with Gasteiger partial charge in [0.2, 0.25) is 5.91 Å². The number of carbonyl (C=O) groups excluding carboxylic acids is 1. The van der Waals surface area contributed by atoms with E-state index in [1.54, 1.807) is 18.9 Å². The molecule has 0 bridgehead atoms. The molecule has 1 fully saturated rings. The van der Waals surface area contributed by atoms with Crippen LogP contribution in [-0.2, 0) is 4.79 Å². The number of nitrogens with zero attached hydrogens (tertiary/aromatic N) is 2. The average molecular weight is 269 g/mol. The van der Waals surface area contributed by atoms with Crippen LogP contribution >= 0.6 is 0 Å². The van der Waals surface area contributed by atoms with Crippen LogP contribution in [0.3, 0.4) is 0 Å². The fourth-order valence-electron chi connectivity index (χ4n) is 3.17. The largest absolute Gasteiger partial charge is 0.409 e. The Bertz CT molecular complexity index is 347. The van der Waals surface area contributed by atoms with E-state index in [1.165, 1.54) is 0 Å². The number of hydrogen-bond acceptors (Lipinski definition) is 3. The predicted molar refractivity (Wildman–Crippen MR) is 76.0 cm³/mol. The number of amidine groups is 1. The first kappa shape index (κ1) is 15.8. The Kier molecular flexibility index (Phi) is 5.20. The van der Waals surface area contributed by atoms with Gasteiger partial charge in [0.15, 0.2) is 5.84 Å². The van der Waals surface area contributed by atoms with Crippen LogP contribution in [0.5, 0.6) is 0 Å². The van der Waals surface area contributed by atoms with Crippen LogP contribution < -0.4 is 5.73 Å². The van der Waals surface area contributed by atoms with Gasteiger partial charge in [0.25, 0.3) is 0 Å². The van der Waals surface area contributed by atoms with Crippen LogP contribution in [0.15, 0.2) is 5.16 Å². The summed E-state index contributed by atoms with van der Waals surface area (Å²) in [6.45, 7) is 6.09. The molecule has 3 N–H and O–H groups in total. The molecule has 19 heavy (non-hydrogen) atoms. The maximum absolute atomic E-state index is 12.8. The zero-order chi connectivity index (χ0) is 14.6. The summed E-state index contributed by atoms with van der Waals surface area (Å²) >= 11 is 0. The molecular formula is C14H27N3O2. The number of carbonyl (C=O) groups is 1. The molecule has 0 aromatic heterocycles. The van der Waals surface area contributed by atoms with Gasteiger partial charge in [-0.05, 0) is 32.1 Å². The molecule has 110 valence electrons. The first-order valence-corrected chi connectivity index (χ1v) is 7.09. The molecule has 1 rings (SSSR count). The Labute approximate surface area is 115 Å². The first-order valence-electron chi connectivity index (χ1n) is 7.09. The Balaban J connectivity index is 2.88. The molecule has 0 aliphatic heterocycles. The molecule has 1 aliphatic rings. The van der Waals surface area contributed by atoms with E-state index >= 15 is 0 Å². The van der Waals surface area contributed by atoms with Crippen molar-refractivity contribution in [1.82, 2.24) is 4.90 Å². The second-order valence-electron chi connectivity index (χ2n) is 6.20. The molecule has 1 saturated carbocycles. The zero-order valence-corrected chi connectivity index (χ0v) is 12.5. The van der Waals surface area contributed by atoms with Crippen LogP contribution in [0.2, 0.25) is 0 Å². The number of hydrogen-bond donors (Lipinski definition) is 2. The lowest BCUT2D eigenvalue weighted by Crippen LogP contribution is -2.49. The number of rotatable bonds is 5. The third-order valence-corrected chi connectivity index (χ3v) is 4.26. The highest BCUT2D eigenvalue weighted by atomic mass is 16.4. The van der Waals surface area contributed by atoms with Gasteiger partial charge in [-0.2, -0.15) is 0 Å². The molecule has 1 amide bonds. The fourth-order valence-corrected chi connectivity index (χ4v) is 3.17. The van der Waals surface area contributed by atoms with E-state index in [2.05, 4.69) is 19.0 Å². The maximum Gasteiger partial charge on any atom is 0.229 e. The second kappa shape index (κ2) is 6.26. The van der Waals surface area contributed by atoms with Crippen molar-refractivity contribution in [2.24, 2.45) is 22.2 Å². The lowest BCUT2D eigenvalue weighted by atomic mass is 9.77. The maximum atomic E-state index is 12.8. The lowest BCUT2D eigenvalue weighted by molar-refractivity contribution is -0.142. The Morgan fingerprint density at radius 1 is 1.37 bits per heavy atom. The van der Waals surface area contributed by atoms with Gasteiger partial charge in [-0.3, -0.25) is 4.79 Å². The van der Waals surface area contributed by atoms with E-state index in [1.807, 2.05) is 0 Å². The summed E-state index contributed by atoms with van der Waals surface area (Å²) in [5, 5.41) is 11.7. The molecule has 1 aliphatic carbocycles. The molecule has 5 heteroatoms. The number of amides is 1. The Morgan fingerprint density at radius 3 is 2.32 bits per heavy atom. The van der Waals surface area contributed by atoms with Crippen molar-refractivity contribution in [3.63, 3.8) is 0 Å². The van der Waals surface area contributed by atoms with Crippen LogP contribution in [0, 0.1) is 11.3 Å². The topological polar surface area (TPSA) is 78.9 Å². The van der Waals surface area contributed by atoms with Crippen LogP contribution in [0.1, 0.15) is 52.9 Å². The third kappa shape index (κ3) is 3.39. The monoisotopic (exact) mass is 269 g/mol. The molecule has 0 aromatic carbocycles. The van der Waals surface area contributed by atoms with Crippen LogP contribution in [0.25, 0.3) is 0 Å². The van der Waals surface area contributed by atoms with Crippen molar-refractivity contribution < 1.29 is 10.0 Å². The van der Waals surface area contributed by atoms with Crippen molar-refractivity contribution in [2.75, 3.05) is 7.05 Å². The van der Waals surface area contributed by atoms with E-state index in [9.17, 15) is 4.79 Å². The molecule has 0 heterocycles. The zero-order valence-electron chi connectivity index (χ0n) is 12.5. The van der Waals surface area contributed by atoms with Gasteiger partial charge in [0.05, 0.1) is 6.04 Å². The van der Waals surface area contributed by atoms with Gasteiger partial charge in [-0.15, -0.1) is 0 Å². The minimum Gasteiger partial charge on any atom is -0.409 e. The van der Waals surface area contributed by atoms with E-state index in [0.29, 0.717) is 5.92 Å². The summed E-state index contributed by atoms with van der Waals surface area (Å²) in [5.74, 6) is 0.709. The Morgan fingerprint density at radius 2 is 1.89 bits per heavy atom. The highest BCUT2D eigenvalue weighted by molar-refractivity contribution is 5.91. The molecular weight excluding hydrogens is 242 g/mol. The summed E-state index contributed by atoms with van der Waals surface area (Å²) in [6.07, 6.45) is 5.06. The van der Waals surface area contributed by atoms with Gasteiger partial charge in [-0.1, -0.05) is 31.8 Å². The molecule has 1 unspecified atom stereocenters. The summed E-state index contributed by atoms with van der Waals surface area (Å²) < 4.78 is 0. The van der Waals surface area contributed by atoms with Crippen LogP contribution in [-0.4, -0.2) is 34.9 Å². The van der Waals surface area contributed by atoms with Crippen molar-refractivity contribution in [3.8, 4) is 0 Å². The van der Waals surface area contributed by atoms with E-state index in [-0.39, 0.29) is 23.2 Å². The highest BCUT2D eigenvalue weighted by Crippen LogP contribution is 2.44. The SMILES string of the molecule is CC(C)CC1(C(=O)N(C)C(C)C(N)=NO)CCCC1. The van der Waals surface area contributed by atoms with Gasteiger partial charge in [0.1, 0.15) is 0 Å². The summed E-state index contributed by atoms with van der Waals surface area (Å²) in [4.78, 5) is 14.4. The number of nitrogens with two attached hydrogens (primary N) is 1. The third-order valence-electron chi connectivity index (χ3n) is 4.26.